The lowest BCUT2D eigenvalue weighted by atomic mass is 10.1. The van der Waals surface area contributed by atoms with Gasteiger partial charge in [-0.25, -0.2) is 0 Å². The van der Waals surface area contributed by atoms with Crippen LogP contribution in [0.15, 0.2) is 24.3 Å². The van der Waals surface area contributed by atoms with Gasteiger partial charge in [0.2, 0.25) is 0 Å². The van der Waals surface area contributed by atoms with Crippen molar-refractivity contribution in [2.75, 3.05) is 13.7 Å². The molecular weight excluding hydrogens is 198 g/mol. The van der Waals surface area contributed by atoms with Gasteiger partial charge in [0, 0.05) is 6.04 Å². The molecule has 0 aliphatic rings. The summed E-state index contributed by atoms with van der Waals surface area (Å²) in [6.45, 7) is 7.75. The Kier molecular flexibility index (Phi) is 5.33. The van der Waals surface area contributed by atoms with Gasteiger partial charge in [-0.2, -0.15) is 0 Å². The van der Waals surface area contributed by atoms with Crippen molar-refractivity contribution in [2.45, 2.75) is 33.2 Å². The van der Waals surface area contributed by atoms with Crippen LogP contribution in [0, 0.1) is 5.92 Å². The van der Waals surface area contributed by atoms with Crippen LogP contribution in [0.4, 0.5) is 0 Å². The number of ether oxygens (including phenoxy) is 1. The van der Waals surface area contributed by atoms with Crippen LogP contribution in [0.3, 0.4) is 0 Å². The minimum Gasteiger partial charge on any atom is -0.497 e. The molecule has 0 aliphatic heterocycles. The Morgan fingerprint density at radius 2 is 2.06 bits per heavy atom. The number of methoxy groups -OCH3 is 1. The van der Waals surface area contributed by atoms with E-state index in [2.05, 4.69) is 38.2 Å². The summed E-state index contributed by atoms with van der Waals surface area (Å²) in [6, 6.07) is 8.62. The zero-order chi connectivity index (χ0) is 12.0. The van der Waals surface area contributed by atoms with Crippen molar-refractivity contribution < 1.29 is 4.74 Å². The molecule has 0 aromatic heterocycles. The highest BCUT2D eigenvalue weighted by molar-refractivity contribution is 5.30. The molecule has 0 bridgehead atoms. The Morgan fingerprint density at radius 3 is 2.69 bits per heavy atom. The molecule has 0 saturated carbocycles. The van der Waals surface area contributed by atoms with Crippen molar-refractivity contribution in [3.63, 3.8) is 0 Å². The van der Waals surface area contributed by atoms with Gasteiger partial charge >= 0.3 is 0 Å². The molecule has 0 saturated heterocycles. The lowest BCUT2D eigenvalue weighted by molar-refractivity contribution is 0.412. The lowest BCUT2D eigenvalue weighted by Crippen LogP contribution is -2.24. The summed E-state index contributed by atoms with van der Waals surface area (Å²) in [6.07, 6.45) is 1.22. The van der Waals surface area contributed by atoms with Crippen LogP contribution in [0.5, 0.6) is 5.75 Å². The Labute approximate surface area is 99.0 Å². The van der Waals surface area contributed by atoms with Crippen molar-refractivity contribution in [1.82, 2.24) is 5.32 Å². The van der Waals surface area contributed by atoms with Crippen LogP contribution in [-0.2, 0) is 0 Å². The van der Waals surface area contributed by atoms with Gasteiger partial charge in [-0.05, 0) is 37.1 Å². The minimum atomic E-state index is 0.379. The van der Waals surface area contributed by atoms with Gasteiger partial charge < -0.3 is 10.1 Å². The monoisotopic (exact) mass is 221 g/mol. The van der Waals surface area contributed by atoms with Crippen molar-refractivity contribution >= 4 is 0 Å². The van der Waals surface area contributed by atoms with Gasteiger partial charge in [-0.15, -0.1) is 0 Å². The highest BCUT2D eigenvalue weighted by Crippen LogP contribution is 2.18. The minimum absolute atomic E-state index is 0.379. The van der Waals surface area contributed by atoms with E-state index in [1.165, 1.54) is 12.0 Å². The van der Waals surface area contributed by atoms with Crippen LogP contribution in [0.1, 0.15) is 38.8 Å². The van der Waals surface area contributed by atoms with Crippen LogP contribution in [0.25, 0.3) is 0 Å². The van der Waals surface area contributed by atoms with Crippen LogP contribution in [-0.4, -0.2) is 13.7 Å². The van der Waals surface area contributed by atoms with E-state index in [1.54, 1.807) is 7.11 Å². The second-order valence-corrected chi connectivity index (χ2v) is 4.42. The quantitative estimate of drug-likeness (QED) is 0.795. The maximum absolute atomic E-state index is 5.22. The topological polar surface area (TPSA) is 21.3 Å². The van der Waals surface area contributed by atoms with E-state index in [0.29, 0.717) is 6.04 Å². The summed E-state index contributed by atoms with van der Waals surface area (Å²) in [4.78, 5) is 0. The predicted octanol–water partition coefficient (Wildman–Crippen LogP) is 3.39. The fourth-order valence-corrected chi connectivity index (χ4v) is 1.55. The molecular formula is C14H23NO. The highest BCUT2D eigenvalue weighted by Gasteiger charge is 2.07. The van der Waals surface area contributed by atoms with Crippen molar-refractivity contribution in [3.05, 3.63) is 29.8 Å². The summed E-state index contributed by atoms with van der Waals surface area (Å²) >= 11 is 0. The van der Waals surface area contributed by atoms with Gasteiger partial charge in [-0.3, -0.25) is 0 Å². The maximum atomic E-state index is 5.22. The second-order valence-electron chi connectivity index (χ2n) is 4.42. The van der Waals surface area contributed by atoms with Crippen molar-refractivity contribution in [3.8, 4) is 5.75 Å². The van der Waals surface area contributed by atoms with E-state index >= 15 is 0 Å². The molecule has 1 aromatic rings. The molecule has 1 N–H and O–H groups in total. The molecule has 2 unspecified atom stereocenters. The first-order valence-corrected chi connectivity index (χ1v) is 6.04. The molecule has 2 nitrogen and oxygen atoms in total. The standard InChI is InChI=1S/C14H23NO/c1-5-11(2)10-15-12(3)13-7-6-8-14(9-13)16-4/h6-9,11-12,15H,5,10H2,1-4H3. The van der Waals surface area contributed by atoms with E-state index in [-0.39, 0.29) is 0 Å². The van der Waals surface area contributed by atoms with E-state index in [1.807, 2.05) is 12.1 Å². The van der Waals surface area contributed by atoms with Crippen LogP contribution >= 0.6 is 0 Å². The third-order valence-corrected chi connectivity index (χ3v) is 3.06. The molecule has 0 aliphatic carbocycles. The third kappa shape index (κ3) is 3.86. The predicted molar refractivity (Wildman–Crippen MR) is 68.9 cm³/mol. The SMILES string of the molecule is CCC(C)CNC(C)c1cccc(OC)c1. The van der Waals surface area contributed by atoms with Crippen molar-refractivity contribution in [1.29, 1.82) is 0 Å². The maximum Gasteiger partial charge on any atom is 0.119 e. The molecule has 0 spiro atoms. The number of hydrogen-bond donors (Lipinski definition) is 1. The number of nitrogens with one attached hydrogen (secondary N) is 1. The zero-order valence-electron chi connectivity index (χ0n) is 10.8. The largest absolute Gasteiger partial charge is 0.497 e. The van der Waals surface area contributed by atoms with Gasteiger partial charge in [0.15, 0.2) is 0 Å². The fraction of sp³-hybridized carbons (Fsp3) is 0.571. The molecule has 1 aromatic carbocycles. The fourth-order valence-electron chi connectivity index (χ4n) is 1.55. The Morgan fingerprint density at radius 1 is 1.31 bits per heavy atom. The molecule has 0 fully saturated rings. The summed E-state index contributed by atoms with van der Waals surface area (Å²) in [5.74, 6) is 1.66. The summed E-state index contributed by atoms with van der Waals surface area (Å²) in [7, 11) is 1.70. The number of benzene rings is 1. The summed E-state index contributed by atoms with van der Waals surface area (Å²) in [5.41, 5.74) is 1.28. The average Bonchev–Trinajstić information content (AvgIpc) is 2.35. The lowest BCUT2D eigenvalue weighted by Gasteiger charge is -2.17. The molecule has 0 heterocycles. The molecule has 16 heavy (non-hydrogen) atoms. The zero-order valence-corrected chi connectivity index (χ0v) is 10.8. The molecule has 1 rings (SSSR count). The van der Waals surface area contributed by atoms with Gasteiger partial charge in [0.1, 0.15) is 5.75 Å². The average molecular weight is 221 g/mol. The van der Waals surface area contributed by atoms with Gasteiger partial charge in [0.25, 0.3) is 0 Å². The Hall–Kier alpha value is -1.02. The summed E-state index contributed by atoms with van der Waals surface area (Å²) < 4.78 is 5.22. The first kappa shape index (κ1) is 13.0. The number of hydrogen-bond acceptors (Lipinski definition) is 2. The first-order chi connectivity index (χ1) is 7.67. The van der Waals surface area contributed by atoms with E-state index in [4.69, 9.17) is 4.74 Å². The van der Waals surface area contributed by atoms with Crippen molar-refractivity contribution in [2.24, 2.45) is 5.92 Å². The van der Waals surface area contributed by atoms with Gasteiger partial charge in [0.05, 0.1) is 7.11 Å². The second kappa shape index (κ2) is 6.54. The molecule has 2 heteroatoms. The summed E-state index contributed by atoms with van der Waals surface area (Å²) in [5, 5.41) is 3.55. The van der Waals surface area contributed by atoms with Crippen LogP contribution < -0.4 is 10.1 Å². The smallest absolute Gasteiger partial charge is 0.119 e. The van der Waals surface area contributed by atoms with E-state index in [9.17, 15) is 0 Å². The molecule has 0 amide bonds. The molecule has 90 valence electrons. The Balaban J connectivity index is 2.54. The molecule has 2 atom stereocenters. The first-order valence-electron chi connectivity index (χ1n) is 6.04. The third-order valence-electron chi connectivity index (χ3n) is 3.06. The van der Waals surface area contributed by atoms with Crippen LogP contribution in [0.2, 0.25) is 0 Å². The molecule has 0 radical (unpaired) electrons. The van der Waals surface area contributed by atoms with E-state index in [0.717, 1.165) is 18.2 Å². The number of rotatable bonds is 6. The Bertz CT molecular complexity index is 311. The van der Waals surface area contributed by atoms with E-state index < -0.39 is 0 Å². The normalized spacial score (nSPS) is 14.5. The van der Waals surface area contributed by atoms with Gasteiger partial charge in [-0.1, -0.05) is 32.4 Å². The highest BCUT2D eigenvalue weighted by atomic mass is 16.5.